The zero-order valence-electron chi connectivity index (χ0n) is 14.6. The van der Waals surface area contributed by atoms with Crippen molar-refractivity contribution >= 4 is 11.8 Å². The van der Waals surface area contributed by atoms with Crippen LogP contribution in [0.25, 0.3) is 0 Å². The lowest BCUT2D eigenvalue weighted by Gasteiger charge is -2.17. The van der Waals surface area contributed by atoms with E-state index in [2.05, 4.69) is 10.6 Å². The summed E-state index contributed by atoms with van der Waals surface area (Å²) < 4.78 is 55.1. The first kappa shape index (κ1) is 18.5. The van der Waals surface area contributed by atoms with Crippen LogP contribution in [0.3, 0.4) is 0 Å². The van der Waals surface area contributed by atoms with Crippen molar-refractivity contribution in [3.63, 3.8) is 0 Å². The Morgan fingerprint density at radius 2 is 2.00 bits per heavy atom. The van der Waals surface area contributed by atoms with Crippen molar-refractivity contribution < 1.29 is 37.5 Å². The molecule has 3 aliphatic rings. The standard InChI is InChI=1S/C18H21F3N2O4/c19-18(20,21)11-2-1-3-12(6-11)23-17(24)27-14-9-26-15-13(8-25-16(14)15)22-7-10-4-5-10/h1-3,6,10,13-16,22H,4-5,7-9H2,(H,23,24)/p+1/t13-,14+,15+,16+/m0/s1. The number of fused-ring (bicyclic) bond motifs is 1. The van der Waals surface area contributed by atoms with Gasteiger partial charge in [0.2, 0.25) is 0 Å². The van der Waals surface area contributed by atoms with E-state index < -0.39 is 23.9 Å². The number of alkyl halides is 3. The molecule has 27 heavy (non-hydrogen) atoms. The van der Waals surface area contributed by atoms with Crippen molar-refractivity contribution in [3.8, 4) is 0 Å². The highest BCUT2D eigenvalue weighted by molar-refractivity contribution is 5.84. The van der Waals surface area contributed by atoms with Gasteiger partial charge in [0, 0.05) is 11.6 Å². The molecule has 4 atom stereocenters. The number of halogens is 3. The number of ether oxygens (including phenoxy) is 3. The van der Waals surface area contributed by atoms with Crippen LogP contribution < -0.4 is 10.6 Å². The molecule has 2 heterocycles. The fourth-order valence-corrected chi connectivity index (χ4v) is 3.58. The quantitative estimate of drug-likeness (QED) is 0.808. The zero-order valence-corrected chi connectivity index (χ0v) is 14.6. The first-order valence-corrected chi connectivity index (χ1v) is 9.11. The minimum absolute atomic E-state index is 0.0215. The molecule has 148 valence electrons. The van der Waals surface area contributed by atoms with E-state index in [4.69, 9.17) is 14.2 Å². The van der Waals surface area contributed by atoms with Crippen molar-refractivity contribution in [2.45, 2.75) is 43.4 Å². The zero-order chi connectivity index (χ0) is 19.0. The van der Waals surface area contributed by atoms with E-state index in [1.165, 1.54) is 25.0 Å². The first-order chi connectivity index (χ1) is 12.9. The van der Waals surface area contributed by atoms with Gasteiger partial charge in [-0.05, 0) is 31.0 Å². The molecular weight excluding hydrogens is 365 g/mol. The number of carbonyl (C=O) groups is 1. The minimum Gasteiger partial charge on any atom is -0.441 e. The predicted molar refractivity (Wildman–Crippen MR) is 88.1 cm³/mol. The summed E-state index contributed by atoms with van der Waals surface area (Å²) in [5.41, 5.74) is -0.814. The van der Waals surface area contributed by atoms with Crippen molar-refractivity contribution in [1.82, 2.24) is 0 Å². The van der Waals surface area contributed by atoms with E-state index in [0.717, 1.165) is 24.6 Å². The van der Waals surface area contributed by atoms with Crippen LogP contribution in [0.15, 0.2) is 24.3 Å². The fraction of sp³-hybridized carbons (Fsp3) is 0.611. The maximum Gasteiger partial charge on any atom is 0.416 e. The molecule has 4 rings (SSSR count). The number of quaternary nitrogens is 1. The van der Waals surface area contributed by atoms with Gasteiger partial charge < -0.3 is 19.5 Å². The lowest BCUT2D eigenvalue weighted by molar-refractivity contribution is -0.695. The third-order valence-electron chi connectivity index (χ3n) is 5.21. The summed E-state index contributed by atoms with van der Waals surface area (Å²) in [5.74, 6) is 0.788. The van der Waals surface area contributed by atoms with Crippen molar-refractivity contribution in [3.05, 3.63) is 29.8 Å². The molecule has 1 aromatic carbocycles. The molecule has 0 bridgehead atoms. The molecule has 1 aliphatic carbocycles. The minimum atomic E-state index is -4.47. The molecule has 0 aromatic heterocycles. The number of rotatable bonds is 5. The smallest absolute Gasteiger partial charge is 0.416 e. The third kappa shape index (κ3) is 4.36. The van der Waals surface area contributed by atoms with Gasteiger partial charge in [-0.25, -0.2) is 4.79 Å². The SMILES string of the molecule is O=C(Nc1cccc(C(F)(F)F)c1)O[C@@H]1CO[C@H]2[C@@H]1OC[C@@H]2[NH2+]CC1CC1. The number of nitrogens with two attached hydrogens (primary N) is 1. The van der Waals surface area contributed by atoms with Crippen LogP contribution in [0, 0.1) is 5.92 Å². The Kier molecular flexibility index (Phi) is 5.00. The topological polar surface area (TPSA) is 73.4 Å². The normalized spacial score (nSPS) is 30.2. The molecule has 0 spiro atoms. The maximum absolute atomic E-state index is 12.8. The Morgan fingerprint density at radius 3 is 2.74 bits per heavy atom. The van der Waals surface area contributed by atoms with E-state index in [1.807, 2.05) is 0 Å². The first-order valence-electron chi connectivity index (χ1n) is 9.11. The second kappa shape index (κ2) is 7.29. The molecule has 1 amide bonds. The molecule has 2 saturated heterocycles. The van der Waals surface area contributed by atoms with Gasteiger partial charge in [-0.2, -0.15) is 13.2 Å². The van der Waals surface area contributed by atoms with Crippen LogP contribution in [0.2, 0.25) is 0 Å². The number of benzene rings is 1. The number of hydrogen-bond donors (Lipinski definition) is 2. The lowest BCUT2D eigenvalue weighted by Crippen LogP contribution is -2.93. The van der Waals surface area contributed by atoms with E-state index in [-0.39, 0.29) is 30.5 Å². The van der Waals surface area contributed by atoms with Gasteiger partial charge >= 0.3 is 12.3 Å². The molecule has 0 radical (unpaired) electrons. The van der Waals surface area contributed by atoms with Crippen LogP contribution in [-0.4, -0.2) is 50.2 Å². The van der Waals surface area contributed by atoms with Gasteiger partial charge in [0.05, 0.1) is 18.7 Å². The van der Waals surface area contributed by atoms with E-state index in [0.29, 0.717) is 6.61 Å². The van der Waals surface area contributed by atoms with Crippen LogP contribution in [0.5, 0.6) is 0 Å². The second-order valence-corrected chi connectivity index (χ2v) is 7.32. The van der Waals surface area contributed by atoms with Crippen LogP contribution in [0.4, 0.5) is 23.7 Å². The average molecular weight is 387 g/mol. The van der Waals surface area contributed by atoms with Crippen molar-refractivity contribution in [2.24, 2.45) is 5.92 Å². The van der Waals surface area contributed by atoms with Gasteiger partial charge in [-0.3, -0.25) is 5.32 Å². The molecule has 1 aromatic rings. The molecule has 3 fully saturated rings. The summed E-state index contributed by atoms with van der Waals surface area (Å²) in [4.78, 5) is 12.1. The number of carbonyl (C=O) groups excluding carboxylic acids is 1. The number of nitrogens with one attached hydrogen (secondary N) is 1. The van der Waals surface area contributed by atoms with Crippen LogP contribution in [-0.2, 0) is 20.4 Å². The van der Waals surface area contributed by atoms with E-state index >= 15 is 0 Å². The van der Waals surface area contributed by atoms with Gasteiger partial charge in [-0.1, -0.05) is 6.07 Å². The Balaban J connectivity index is 1.30. The third-order valence-corrected chi connectivity index (χ3v) is 5.21. The molecule has 1 saturated carbocycles. The molecule has 2 aliphatic heterocycles. The summed E-state index contributed by atoms with van der Waals surface area (Å²) in [6.45, 7) is 1.82. The molecule has 9 heteroatoms. The number of amides is 1. The highest BCUT2D eigenvalue weighted by Crippen LogP contribution is 2.31. The summed E-state index contributed by atoms with van der Waals surface area (Å²) in [6, 6.07) is 4.60. The second-order valence-electron chi connectivity index (χ2n) is 7.32. The van der Waals surface area contributed by atoms with E-state index in [9.17, 15) is 18.0 Å². The largest absolute Gasteiger partial charge is 0.441 e. The summed E-state index contributed by atoms with van der Waals surface area (Å²) in [5, 5.41) is 4.58. The predicted octanol–water partition coefficient (Wildman–Crippen LogP) is 1.76. The van der Waals surface area contributed by atoms with Gasteiger partial charge in [0.25, 0.3) is 0 Å². The molecular formula is C18H22F3N2O4+. The summed E-state index contributed by atoms with van der Waals surface area (Å²) in [7, 11) is 0. The number of anilines is 1. The molecule has 0 unspecified atom stereocenters. The van der Waals surface area contributed by atoms with E-state index in [1.54, 1.807) is 0 Å². The van der Waals surface area contributed by atoms with Crippen LogP contribution in [0.1, 0.15) is 18.4 Å². The summed E-state index contributed by atoms with van der Waals surface area (Å²) >= 11 is 0. The monoisotopic (exact) mass is 387 g/mol. The Morgan fingerprint density at radius 1 is 1.22 bits per heavy atom. The highest BCUT2D eigenvalue weighted by Gasteiger charge is 2.51. The summed E-state index contributed by atoms with van der Waals surface area (Å²) in [6.07, 6.45) is -3.77. The van der Waals surface area contributed by atoms with Gasteiger partial charge in [0.1, 0.15) is 24.9 Å². The average Bonchev–Trinajstić information content (AvgIpc) is 3.23. The maximum atomic E-state index is 12.8. The Bertz CT molecular complexity index is 695. The highest BCUT2D eigenvalue weighted by atomic mass is 19.4. The van der Waals surface area contributed by atoms with Crippen molar-refractivity contribution in [1.29, 1.82) is 0 Å². The molecule has 3 N–H and O–H groups in total. The number of hydrogen-bond acceptors (Lipinski definition) is 4. The Labute approximate surface area is 154 Å². The fourth-order valence-electron chi connectivity index (χ4n) is 3.58. The van der Waals surface area contributed by atoms with Gasteiger partial charge in [0.15, 0.2) is 6.10 Å². The lowest BCUT2D eigenvalue weighted by atomic mass is 10.1. The van der Waals surface area contributed by atoms with Gasteiger partial charge in [-0.15, -0.1) is 0 Å². The Hall–Kier alpha value is -1.84. The van der Waals surface area contributed by atoms with Crippen molar-refractivity contribution in [2.75, 3.05) is 25.1 Å². The molecule has 6 nitrogen and oxygen atoms in total. The van der Waals surface area contributed by atoms with Crippen LogP contribution >= 0.6 is 0 Å².